The minimum Gasteiger partial charge on any atom is -0.480 e. The van der Waals surface area contributed by atoms with E-state index in [9.17, 15) is 26.3 Å². The first-order chi connectivity index (χ1) is 20.1. The molecule has 0 radical (unpaired) electrons. The molecule has 0 aromatic carbocycles. The van der Waals surface area contributed by atoms with Gasteiger partial charge in [-0.3, -0.25) is 5.41 Å². The van der Waals surface area contributed by atoms with E-state index in [4.69, 9.17) is 26.5 Å². The predicted octanol–water partition coefficient (Wildman–Crippen LogP) is 7.56. The number of ether oxygens (including phenoxy) is 2. The Morgan fingerprint density at radius 1 is 0.907 bits per heavy atom. The Balaban J connectivity index is 2.22. The van der Waals surface area contributed by atoms with Crippen molar-refractivity contribution in [1.82, 2.24) is 0 Å². The number of nitrogens with zero attached hydrogens (tertiary/aromatic N) is 5. The first-order valence-electron chi connectivity index (χ1n) is 13.5. The zero-order valence-electron chi connectivity index (χ0n) is 25.2. The minimum atomic E-state index is -0.961. The fourth-order valence-corrected chi connectivity index (χ4v) is 5.83. The van der Waals surface area contributed by atoms with Crippen molar-refractivity contribution in [2.75, 3.05) is 0 Å². The summed E-state index contributed by atoms with van der Waals surface area (Å²) in [7, 11) is 0. The van der Waals surface area contributed by atoms with Gasteiger partial charge in [0.05, 0.1) is 0 Å². The molecule has 0 aromatic heterocycles. The maximum atomic E-state index is 9.93. The SMILES string of the molecule is CC1(C)OC(=C(C#N)C#N)C(C#N)=C1/C=C/C1=C(Cl)C(=C/C=C2\C(C#N)=C(C(=C=N)C#N)OC2(C)C)/CCC1C(C)(C)C. The molecule has 9 heteroatoms. The molecule has 1 atom stereocenters. The molecular formula is C34H31ClN6O2. The average Bonchev–Trinajstić information content (AvgIpc) is 3.35. The van der Waals surface area contributed by atoms with Crippen LogP contribution in [0.25, 0.3) is 0 Å². The largest absolute Gasteiger partial charge is 0.480 e. The third kappa shape index (κ3) is 6.12. The van der Waals surface area contributed by atoms with Gasteiger partial charge in [0, 0.05) is 22.0 Å². The van der Waals surface area contributed by atoms with Crippen molar-refractivity contribution >= 4 is 17.5 Å². The fourth-order valence-electron chi connectivity index (χ4n) is 5.48. The molecule has 216 valence electrons. The van der Waals surface area contributed by atoms with Gasteiger partial charge in [-0.05, 0) is 63.0 Å². The minimum absolute atomic E-state index is 0.0278. The van der Waals surface area contributed by atoms with Gasteiger partial charge in [0.2, 0.25) is 0 Å². The third-order valence-corrected chi connectivity index (χ3v) is 8.14. The van der Waals surface area contributed by atoms with Gasteiger partial charge in [0.15, 0.2) is 22.7 Å². The van der Waals surface area contributed by atoms with Crippen LogP contribution in [0.1, 0.15) is 61.3 Å². The molecule has 0 bridgehead atoms. The Hall–Kier alpha value is -5.03. The predicted molar refractivity (Wildman–Crippen MR) is 161 cm³/mol. The molecular weight excluding hydrogens is 560 g/mol. The summed E-state index contributed by atoms with van der Waals surface area (Å²) in [5.74, 6) is 2.12. The highest BCUT2D eigenvalue weighted by atomic mass is 35.5. The second kappa shape index (κ2) is 12.1. The summed E-state index contributed by atoms with van der Waals surface area (Å²) in [6, 6.07) is 9.68. The van der Waals surface area contributed by atoms with Crippen molar-refractivity contribution in [3.8, 4) is 30.3 Å². The lowest BCUT2D eigenvalue weighted by Gasteiger charge is -2.36. The van der Waals surface area contributed by atoms with Crippen LogP contribution < -0.4 is 0 Å². The highest BCUT2D eigenvalue weighted by molar-refractivity contribution is 6.32. The van der Waals surface area contributed by atoms with E-state index in [0.717, 1.165) is 17.6 Å². The number of nitrogens with one attached hydrogen (secondary N) is 1. The number of nitriles is 5. The number of allylic oxidation sites excluding steroid dienone is 9. The van der Waals surface area contributed by atoms with Crippen molar-refractivity contribution in [3.63, 3.8) is 0 Å². The molecule has 0 spiro atoms. The van der Waals surface area contributed by atoms with Crippen molar-refractivity contribution in [1.29, 1.82) is 31.7 Å². The summed E-state index contributed by atoms with van der Waals surface area (Å²) in [5, 5.41) is 55.9. The van der Waals surface area contributed by atoms with Crippen LogP contribution in [0, 0.1) is 73.4 Å². The lowest BCUT2D eigenvalue weighted by Crippen LogP contribution is -2.26. The van der Waals surface area contributed by atoms with Crippen LogP contribution in [0.15, 0.2) is 85.4 Å². The van der Waals surface area contributed by atoms with Gasteiger partial charge in [-0.15, -0.1) is 0 Å². The summed E-state index contributed by atoms with van der Waals surface area (Å²) in [6.45, 7) is 13.5. The van der Waals surface area contributed by atoms with E-state index in [1.165, 1.54) is 0 Å². The van der Waals surface area contributed by atoms with Crippen LogP contribution >= 0.6 is 11.6 Å². The highest BCUT2D eigenvalue weighted by Crippen LogP contribution is 2.47. The summed E-state index contributed by atoms with van der Waals surface area (Å²) in [4.78, 5) is 0. The van der Waals surface area contributed by atoms with Gasteiger partial charge < -0.3 is 9.47 Å². The topological polar surface area (TPSA) is 161 Å². The number of halogens is 1. The number of rotatable bonds is 4. The summed E-state index contributed by atoms with van der Waals surface area (Å²) < 4.78 is 11.8. The molecule has 0 aromatic rings. The Bertz CT molecular complexity index is 1740. The van der Waals surface area contributed by atoms with Crippen LogP contribution in [-0.2, 0) is 9.47 Å². The van der Waals surface area contributed by atoms with E-state index < -0.39 is 11.2 Å². The van der Waals surface area contributed by atoms with E-state index in [-0.39, 0.29) is 45.1 Å². The average molecular weight is 591 g/mol. The van der Waals surface area contributed by atoms with Gasteiger partial charge in [-0.2, -0.15) is 26.3 Å². The molecule has 0 amide bonds. The van der Waals surface area contributed by atoms with Crippen molar-refractivity contribution in [3.05, 3.63) is 85.4 Å². The molecule has 3 aliphatic rings. The first kappa shape index (κ1) is 32.5. The van der Waals surface area contributed by atoms with Crippen molar-refractivity contribution in [2.45, 2.75) is 72.5 Å². The standard InChI is InChI=1S/C34H31ClN6O2/c1-32(2,3)26-11-8-20(9-12-27-24(18-40)30(21(14-36)15-37)42-33(27,4)5)29(35)23(26)10-13-28-25(19-41)31(22(16-38)17-39)43-34(28,6)7/h9-10,12-13,26,36H,8,11H2,1-7H3/b13-10+,20-9+,27-12+. The molecule has 1 aliphatic carbocycles. The highest BCUT2D eigenvalue weighted by Gasteiger charge is 2.41. The first-order valence-corrected chi connectivity index (χ1v) is 13.9. The number of hydrogen-bond acceptors (Lipinski definition) is 8. The molecule has 0 fully saturated rings. The summed E-state index contributed by atoms with van der Waals surface area (Å²) in [6.07, 6.45) is 8.75. The molecule has 43 heavy (non-hydrogen) atoms. The Morgan fingerprint density at radius 3 is 2.05 bits per heavy atom. The smallest absolute Gasteiger partial charge is 0.172 e. The summed E-state index contributed by atoms with van der Waals surface area (Å²) >= 11 is 7.08. The van der Waals surface area contributed by atoms with Crippen LogP contribution in [0.2, 0.25) is 0 Å². The monoisotopic (exact) mass is 590 g/mol. The van der Waals surface area contributed by atoms with Crippen LogP contribution in [0.5, 0.6) is 0 Å². The lowest BCUT2D eigenvalue weighted by molar-refractivity contribution is 0.0950. The molecule has 0 saturated carbocycles. The zero-order chi connectivity index (χ0) is 32.3. The Morgan fingerprint density at radius 2 is 1.53 bits per heavy atom. The van der Waals surface area contributed by atoms with E-state index in [1.807, 2.05) is 24.1 Å². The van der Waals surface area contributed by atoms with Gasteiger partial charge in [0.25, 0.3) is 0 Å². The maximum Gasteiger partial charge on any atom is 0.172 e. The van der Waals surface area contributed by atoms with Crippen LogP contribution in [0.4, 0.5) is 0 Å². The second-order valence-electron chi connectivity index (χ2n) is 12.3. The van der Waals surface area contributed by atoms with E-state index in [1.54, 1.807) is 52.0 Å². The normalized spacial score (nSPS) is 22.8. The van der Waals surface area contributed by atoms with Crippen molar-refractivity contribution < 1.29 is 9.47 Å². The zero-order valence-corrected chi connectivity index (χ0v) is 26.0. The molecule has 1 unspecified atom stereocenters. The maximum absolute atomic E-state index is 9.93. The molecule has 3 rings (SSSR count). The fraction of sp³-hybridized carbons (Fsp3) is 0.382. The van der Waals surface area contributed by atoms with E-state index in [2.05, 4.69) is 32.9 Å². The lowest BCUT2D eigenvalue weighted by atomic mass is 9.70. The molecule has 8 nitrogen and oxygen atoms in total. The molecule has 1 N–H and O–H groups in total. The van der Waals surface area contributed by atoms with Crippen molar-refractivity contribution in [2.24, 2.45) is 11.3 Å². The molecule has 2 heterocycles. The third-order valence-electron chi connectivity index (χ3n) is 7.68. The van der Waals surface area contributed by atoms with Gasteiger partial charge in [-0.25, -0.2) is 0 Å². The van der Waals surface area contributed by atoms with Gasteiger partial charge >= 0.3 is 0 Å². The molecule has 0 saturated heterocycles. The Kier molecular flexibility index (Phi) is 9.11. The quantitative estimate of drug-likeness (QED) is 0.261. The summed E-state index contributed by atoms with van der Waals surface area (Å²) in [5.41, 5.74) is 0.634. The van der Waals surface area contributed by atoms with Gasteiger partial charge in [-0.1, -0.05) is 56.7 Å². The van der Waals surface area contributed by atoms with Crippen LogP contribution in [0.3, 0.4) is 0 Å². The van der Waals surface area contributed by atoms with E-state index >= 15 is 0 Å². The van der Waals surface area contributed by atoms with E-state index in [0.29, 0.717) is 22.6 Å². The second-order valence-corrected chi connectivity index (χ2v) is 12.7. The molecule has 2 aliphatic heterocycles. The number of hydrogen-bond donors (Lipinski definition) is 1. The van der Waals surface area contributed by atoms with Gasteiger partial charge in [0.1, 0.15) is 52.7 Å². The Labute approximate surface area is 257 Å². The van der Waals surface area contributed by atoms with Crippen LogP contribution in [-0.4, -0.2) is 17.1 Å².